The lowest BCUT2D eigenvalue weighted by molar-refractivity contribution is 0.0358. The number of benzene rings is 2. The van der Waals surface area contributed by atoms with Crippen molar-refractivity contribution in [2.24, 2.45) is 0 Å². The van der Waals surface area contributed by atoms with E-state index in [1.807, 2.05) is 0 Å². The second kappa shape index (κ2) is 12.8. The Labute approximate surface area is 193 Å². The molecule has 2 fully saturated rings. The minimum atomic E-state index is 0.750. The average molecular weight is 439 g/mol. The molecular formula is C27H38N2O3. The second-order valence-electron chi connectivity index (χ2n) is 8.81. The highest BCUT2D eigenvalue weighted by atomic mass is 16.5. The highest BCUT2D eigenvalue weighted by molar-refractivity contribution is 5.64. The molecular weight excluding hydrogens is 400 g/mol. The fourth-order valence-corrected chi connectivity index (χ4v) is 4.45. The van der Waals surface area contributed by atoms with Crippen LogP contribution in [-0.4, -0.2) is 75.5 Å². The predicted molar refractivity (Wildman–Crippen MR) is 130 cm³/mol. The molecule has 0 N–H and O–H groups in total. The van der Waals surface area contributed by atoms with Crippen LogP contribution in [0.5, 0.6) is 11.5 Å². The maximum atomic E-state index is 5.95. The first-order chi connectivity index (χ1) is 15.9. The maximum Gasteiger partial charge on any atom is 0.119 e. The zero-order valence-corrected chi connectivity index (χ0v) is 19.3. The van der Waals surface area contributed by atoms with Crippen molar-refractivity contribution >= 4 is 0 Å². The Morgan fingerprint density at radius 2 is 1.06 bits per heavy atom. The molecule has 0 aliphatic carbocycles. The smallest absolute Gasteiger partial charge is 0.119 e. The number of nitrogens with zero attached hydrogens (tertiary/aromatic N) is 2. The molecule has 2 aliphatic heterocycles. The molecule has 174 valence electrons. The standard InChI is InChI=1S/C27H38N2O3/c1-2-14-28(15-3-1)16-4-20-31-26-10-6-24(7-11-26)25-8-12-27(13-9-25)32-21-5-17-29-18-22-30-23-19-29/h6-13H,1-5,14-23H2. The third-order valence-electron chi connectivity index (χ3n) is 6.37. The second-order valence-corrected chi connectivity index (χ2v) is 8.81. The highest BCUT2D eigenvalue weighted by Gasteiger charge is 2.10. The first kappa shape index (κ1) is 23.1. The Morgan fingerprint density at radius 1 is 0.594 bits per heavy atom. The van der Waals surface area contributed by atoms with Gasteiger partial charge in [0.05, 0.1) is 26.4 Å². The molecule has 2 heterocycles. The zero-order valence-electron chi connectivity index (χ0n) is 19.3. The van der Waals surface area contributed by atoms with Crippen LogP contribution in [0, 0.1) is 0 Å². The van der Waals surface area contributed by atoms with Crippen LogP contribution in [0.2, 0.25) is 0 Å². The Kier molecular flexibility index (Phi) is 9.26. The van der Waals surface area contributed by atoms with Gasteiger partial charge in [-0.3, -0.25) is 4.90 Å². The van der Waals surface area contributed by atoms with Gasteiger partial charge in [0, 0.05) is 26.2 Å². The van der Waals surface area contributed by atoms with Gasteiger partial charge in [-0.05, 0) is 74.2 Å². The van der Waals surface area contributed by atoms with Crippen LogP contribution < -0.4 is 9.47 Å². The topological polar surface area (TPSA) is 34.2 Å². The lowest BCUT2D eigenvalue weighted by atomic mass is 10.1. The van der Waals surface area contributed by atoms with Crippen LogP contribution >= 0.6 is 0 Å². The quantitative estimate of drug-likeness (QED) is 0.475. The van der Waals surface area contributed by atoms with Crippen LogP contribution in [0.25, 0.3) is 11.1 Å². The van der Waals surface area contributed by atoms with Crippen LogP contribution in [-0.2, 0) is 4.74 Å². The molecule has 0 radical (unpaired) electrons. The zero-order chi connectivity index (χ0) is 21.8. The molecule has 0 saturated carbocycles. The first-order valence-corrected chi connectivity index (χ1v) is 12.4. The molecule has 0 bridgehead atoms. The summed E-state index contributed by atoms with van der Waals surface area (Å²) in [4.78, 5) is 5.01. The fraction of sp³-hybridized carbons (Fsp3) is 0.556. The summed E-state index contributed by atoms with van der Waals surface area (Å²) in [6, 6.07) is 16.8. The van der Waals surface area contributed by atoms with Crippen molar-refractivity contribution in [1.29, 1.82) is 0 Å². The van der Waals surface area contributed by atoms with Crippen molar-refractivity contribution in [3.05, 3.63) is 48.5 Å². The summed E-state index contributed by atoms with van der Waals surface area (Å²) < 4.78 is 17.3. The summed E-state index contributed by atoms with van der Waals surface area (Å²) in [7, 11) is 0. The van der Waals surface area contributed by atoms with E-state index >= 15 is 0 Å². The Bertz CT molecular complexity index is 699. The molecule has 5 heteroatoms. The molecule has 2 saturated heterocycles. The summed E-state index contributed by atoms with van der Waals surface area (Å²) in [5.41, 5.74) is 2.40. The van der Waals surface area contributed by atoms with E-state index in [0.717, 1.165) is 76.9 Å². The van der Waals surface area contributed by atoms with E-state index in [1.54, 1.807) is 0 Å². The van der Waals surface area contributed by atoms with Gasteiger partial charge in [-0.1, -0.05) is 30.7 Å². The van der Waals surface area contributed by atoms with E-state index in [0.29, 0.717) is 0 Å². The number of hydrogen-bond acceptors (Lipinski definition) is 5. The van der Waals surface area contributed by atoms with Gasteiger partial charge in [0.15, 0.2) is 0 Å². The summed E-state index contributed by atoms with van der Waals surface area (Å²) in [6.45, 7) is 10.1. The SMILES string of the molecule is c1cc(-c2ccc(OCCCN3CCOCC3)cc2)ccc1OCCCN1CCCCC1. The number of ether oxygens (including phenoxy) is 3. The van der Waals surface area contributed by atoms with Gasteiger partial charge in [-0.2, -0.15) is 0 Å². The summed E-state index contributed by atoms with van der Waals surface area (Å²) in [5, 5.41) is 0. The third kappa shape index (κ3) is 7.51. The van der Waals surface area contributed by atoms with Gasteiger partial charge in [-0.25, -0.2) is 0 Å². The Hall–Kier alpha value is -2.08. The molecule has 2 aromatic rings. The third-order valence-corrected chi connectivity index (χ3v) is 6.37. The molecule has 5 nitrogen and oxygen atoms in total. The fourth-order valence-electron chi connectivity index (χ4n) is 4.45. The highest BCUT2D eigenvalue weighted by Crippen LogP contribution is 2.25. The number of hydrogen-bond donors (Lipinski definition) is 0. The number of morpholine rings is 1. The molecule has 2 aliphatic rings. The summed E-state index contributed by atoms with van der Waals surface area (Å²) in [6.07, 6.45) is 6.23. The van der Waals surface area contributed by atoms with E-state index in [1.165, 1.54) is 43.5 Å². The Morgan fingerprint density at radius 3 is 1.56 bits per heavy atom. The van der Waals surface area contributed by atoms with Gasteiger partial charge in [-0.15, -0.1) is 0 Å². The molecule has 32 heavy (non-hydrogen) atoms. The minimum Gasteiger partial charge on any atom is -0.494 e. The molecule has 0 atom stereocenters. The van der Waals surface area contributed by atoms with Gasteiger partial charge in [0.25, 0.3) is 0 Å². The molecule has 0 amide bonds. The van der Waals surface area contributed by atoms with E-state index < -0.39 is 0 Å². The van der Waals surface area contributed by atoms with E-state index in [2.05, 4.69) is 58.3 Å². The molecule has 0 spiro atoms. The minimum absolute atomic E-state index is 0.750. The molecule has 0 aromatic heterocycles. The van der Waals surface area contributed by atoms with Gasteiger partial charge in [0.2, 0.25) is 0 Å². The van der Waals surface area contributed by atoms with E-state index in [4.69, 9.17) is 14.2 Å². The van der Waals surface area contributed by atoms with E-state index in [9.17, 15) is 0 Å². The summed E-state index contributed by atoms with van der Waals surface area (Å²) >= 11 is 0. The van der Waals surface area contributed by atoms with Gasteiger partial charge in [0.1, 0.15) is 11.5 Å². The van der Waals surface area contributed by atoms with Crippen LogP contribution in [0.15, 0.2) is 48.5 Å². The molecule has 2 aromatic carbocycles. The number of piperidine rings is 1. The van der Waals surface area contributed by atoms with Gasteiger partial charge >= 0.3 is 0 Å². The lowest BCUT2D eigenvalue weighted by Gasteiger charge is -2.26. The van der Waals surface area contributed by atoms with Crippen LogP contribution in [0.1, 0.15) is 32.1 Å². The Balaban J connectivity index is 1.15. The monoisotopic (exact) mass is 438 g/mol. The lowest BCUT2D eigenvalue weighted by Crippen LogP contribution is -2.37. The van der Waals surface area contributed by atoms with Crippen molar-refractivity contribution in [1.82, 2.24) is 9.80 Å². The van der Waals surface area contributed by atoms with Crippen molar-refractivity contribution in [3.63, 3.8) is 0 Å². The largest absolute Gasteiger partial charge is 0.494 e. The maximum absolute atomic E-state index is 5.95. The van der Waals surface area contributed by atoms with Crippen molar-refractivity contribution in [2.45, 2.75) is 32.1 Å². The van der Waals surface area contributed by atoms with Crippen LogP contribution in [0.4, 0.5) is 0 Å². The van der Waals surface area contributed by atoms with Crippen LogP contribution in [0.3, 0.4) is 0 Å². The average Bonchev–Trinajstić information content (AvgIpc) is 2.87. The number of likely N-dealkylation sites (tertiary alicyclic amines) is 1. The normalized spacial score (nSPS) is 17.9. The predicted octanol–water partition coefficient (Wildman–Crippen LogP) is 4.71. The van der Waals surface area contributed by atoms with Crippen molar-refractivity contribution in [3.8, 4) is 22.6 Å². The summed E-state index contributed by atoms with van der Waals surface area (Å²) in [5.74, 6) is 1.89. The first-order valence-electron chi connectivity index (χ1n) is 12.4. The van der Waals surface area contributed by atoms with Gasteiger partial charge < -0.3 is 19.1 Å². The molecule has 4 rings (SSSR count). The van der Waals surface area contributed by atoms with E-state index in [-0.39, 0.29) is 0 Å². The molecule has 0 unspecified atom stereocenters. The number of rotatable bonds is 11. The van der Waals surface area contributed by atoms with Crippen molar-refractivity contribution in [2.75, 3.05) is 65.7 Å². The van der Waals surface area contributed by atoms with Crippen molar-refractivity contribution < 1.29 is 14.2 Å².